The number of alkyl halides is 3. The minimum atomic E-state index is -1.98. The highest BCUT2D eigenvalue weighted by Gasteiger charge is 2.76. The number of likely N-dealkylation sites (tertiary alicyclic amines) is 1. The molecule has 3 heterocycles. The average molecular weight is 712 g/mol. The van der Waals surface area contributed by atoms with Crippen LogP contribution in [0, 0.1) is 17.8 Å². The molecule has 4 amide bonds. The number of nitrogens with zero attached hydrogens (tertiary/aromatic N) is 2. The Hall–Kier alpha value is -3.57. The van der Waals surface area contributed by atoms with Gasteiger partial charge in [-0.2, -0.15) is 0 Å². The number of hydrogen-bond acceptors (Lipinski definition) is 7. The number of hydrogen-bond donors (Lipinski definition) is 1. The molecule has 2 aliphatic carbocycles. The van der Waals surface area contributed by atoms with E-state index < -0.39 is 63.7 Å². The van der Waals surface area contributed by atoms with Crippen molar-refractivity contribution >= 4 is 74.2 Å². The molecule has 9 nitrogen and oxygen atoms in total. The van der Waals surface area contributed by atoms with Crippen LogP contribution in [0.15, 0.2) is 82.8 Å². The summed E-state index contributed by atoms with van der Waals surface area (Å²) in [6.07, 6.45) is 1.85. The fraction of sp³-hybridized carbons (Fsp3) is 0.303. The average Bonchev–Trinajstić information content (AvgIpc) is 3.67. The third-order valence-electron chi connectivity index (χ3n) is 9.56. The second-order valence-corrected chi connectivity index (χ2v) is 13.4. The Morgan fingerprint density at radius 3 is 2.24 bits per heavy atom. The molecular weight excluding hydrogens is 687 g/mol. The lowest BCUT2D eigenvalue weighted by Crippen LogP contribution is -2.60. The standard InChI is InChI=1S/C33H25BrCl2N2O7/c34-16-37-30(43)32(35)14-23-21(26(33(32,36)31(37)44)24-13-10-20(15-39)45-24)11-12-22-25(23)29(42)38(28(22)41)19-8-6-18(7-9-19)27(40)17-4-2-1-3-5-17/h1-11,13,22-23,25-26,39H,12,14-16H2. The first kappa shape index (κ1) is 30.1. The quantitative estimate of drug-likeness (QED) is 0.127. The molecule has 230 valence electrons. The Balaban J connectivity index is 1.27. The number of amides is 4. The van der Waals surface area contributed by atoms with E-state index in [9.17, 15) is 29.1 Å². The van der Waals surface area contributed by atoms with E-state index in [1.165, 1.54) is 0 Å². The molecule has 2 aromatic carbocycles. The molecule has 1 saturated carbocycles. The number of carbonyl (C=O) groups excluding carboxylic acids is 5. The van der Waals surface area contributed by atoms with Crippen LogP contribution in [0.3, 0.4) is 0 Å². The number of furan rings is 1. The molecular formula is C33H25BrCl2N2O7. The van der Waals surface area contributed by atoms with E-state index in [1.807, 2.05) is 12.1 Å². The summed E-state index contributed by atoms with van der Waals surface area (Å²) >= 11 is 17.5. The number of ketones is 1. The number of allylic oxidation sites excluding steroid dienone is 2. The van der Waals surface area contributed by atoms with Gasteiger partial charge in [-0.25, -0.2) is 0 Å². The molecule has 7 rings (SSSR count). The van der Waals surface area contributed by atoms with Gasteiger partial charge in [0.05, 0.1) is 28.9 Å². The number of carbonyl (C=O) groups is 5. The lowest BCUT2D eigenvalue weighted by atomic mass is 9.57. The smallest absolute Gasteiger partial charge is 0.254 e. The zero-order chi connectivity index (χ0) is 31.8. The maximum absolute atomic E-state index is 14.2. The second-order valence-electron chi connectivity index (χ2n) is 11.7. The maximum atomic E-state index is 14.2. The Labute approximate surface area is 275 Å². The van der Waals surface area contributed by atoms with E-state index in [-0.39, 0.29) is 35.6 Å². The van der Waals surface area contributed by atoms with Gasteiger partial charge in [0.2, 0.25) is 11.8 Å². The molecule has 3 fully saturated rings. The topological polar surface area (TPSA) is 125 Å². The molecule has 12 heteroatoms. The van der Waals surface area contributed by atoms with Gasteiger partial charge in [-0.1, -0.05) is 57.9 Å². The van der Waals surface area contributed by atoms with E-state index in [1.54, 1.807) is 60.7 Å². The summed E-state index contributed by atoms with van der Waals surface area (Å²) in [5, 5.41) is 9.68. The molecule has 0 spiro atoms. The zero-order valence-electron chi connectivity index (χ0n) is 23.5. The molecule has 0 bridgehead atoms. The normalized spacial score (nSPS) is 30.7. The second kappa shape index (κ2) is 10.8. The predicted octanol–water partition coefficient (Wildman–Crippen LogP) is 4.92. The van der Waals surface area contributed by atoms with Crippen LogP contribution in [-0.4, -0.2) is 54.6 Å². The summed E-state index contributed by atoms with van der Waals surface area (Å²) in [4.78, 5) is 66.6. The van der Waals surface area contributed by atoms with Gasteiger partial charge in [0.1, 0.15) is 18.1 Å². The number of halogens is 3. The number of fused-ring (bicyclic) bond motifs is 4. The summed E-state index contributed by atoms with van der Waals surface area (Å²) in [5.74, 6) is -5.38. The zero-order valence-corrected chi connectivity index (χ0v) is 26.6. The molecule has 45 heavy (non-hydrogen) atoms. The summed E-state index contributed by atoms with van der Waals surface area (Å²) < 4.78 is 5.89. The number of aliphatic hydroxyl groups excluding tert-OH is 1. The fourth-order valence-electron chi connectivity index (χ4n) is 7.47. The molecule has 1 aromatic heterocycles. The lowest BCUT2D eigenvalue weighted by Gasteiger charge is -2.49. The molecule has 2 aliphatic heterocycles. The van der Waals surface area contributed by atoms with Gasteiger partial charge in [0.15, 0.2) is 15.5 Å². The van der Waals surface area contributed by atoms with Gasteiger partial charge < -0.3 is 9.52 Å². The van der Waals surface area contributed by atoms with Crippen LogP contribution in [0.1, 0.15) is 46.2 Å². The Kier molecular flexibility index (Phi) is 7.20. The molecule has 3 aromatic rings. The molecule has 4 aliphatic rings. The number of aliphatic hydroxyl groups is 1. The third-order valence-corrected chi connectivity index (χ3v) is 11.5. The highest BCUT2D eigenvalue weighted by molar-refractivity contribution is 9.09. The first-order valence-electron chi connectivity index (χ1n) is 14.3. The van der Waals surface area contributed by atoms with Crippen molar-refractivity contribution in [3.63, 3.8) is 0 Å². The molecule has 1 N–H and O–H groups in total. The van der Waals surface area contributed by atoms with Crippen molar-refractivity contribution in [2.45, 2.75) is 35.1 Å². The van der Waals surface area contributed by atoms with E-state index in [0.29, 0.717) is 22.4 Å². The van der Waals surface area contributed by atoms with Crippen molar-refractivity contribution in [3.05, 3.63) is 101 Å². The number of rotatable bonds is 6. The fourth-order valence-corrected chi connectivity index (χ4v) is 8.88. The van der Waals surface area contributed by atoms with Crippen molar-refractivity contribution in [2.24, 2.45) is 17.8 Å². The van der Waals surface area contributed by atoms with Gasteiger partial charge in [-0.3, -0.25) is 33.8 Å². The number of imide groups is 2. The monoisotopic (exact) mass is 710 g/mol. The van der Waals surface area contributed by atoms with Crippen LogP contribution >= 0.6 is 39.1 Å². The number of benzene rings is 2. The Bertz CT molecular complexity index is 1810. The first-order valence-corrected chi connectivity index (χ1v) is 16.2. The summed E-state index contributed by atoms with van der Waals surface area (Å²) in [6.45, 7) is -0.403. The van der Waals surface area contributed by atoms with Crippen LogP contribution in [0.2, 0.25) is 0 Å². The molecule has 6 atom stereocenters. The van der Waals surface area contributed by atoms with E-state index in [2.05, 4.69) is 15.9 Å². The Morgan fingerprint density at radius 2 is 1.60 bits per heavy atom. The van der Waals surface area contributed by atoms with Crippen LogP contribution in [-0.2, 0) is 25.8 Å². The minimum Gasteiger partial charge on any atom is -0.463 e. The van der Waals surface area contributed by atoms with Crippen LogP contribution in [0.25, 0.3) is 0 Å². The summed E-state index contributed by atoms with van der Waals surface area (Å²) in [5.41, 5.74) is 1.70. The maximum Gasteiger partial charge on any atom is 0.254 e. The van der Waals surface area contributed by atoms with Gasteiger partial charge in [0.25, 0.3) is 11.8 Å². The van der Waals surface area contributed by atoms with Gasteiger partial charge >= 0.3 is 0 Å². The molecule has 2 saturated heterocycles. The van der Waals surface area contributed by atoms with Gasteiger partial charge in [-0.05, 0) is 55.2 Å². The SMILES string of the molecule is O=C(c1ccccc1)c1ccc(N2C(=O)C3CC=C4C(CC5(Cl)C(=O)N(CBr)C(=O)C5(Cl)C4c4ccc(CO)o4)C3C2=O)cc1. The molecule has 0 radical (unpaired) electrons. The predicted molar refractivity (Wildman–Crippen MR) is 167 cm³/mol. The highest BCUT2D eigenvalue weighted by Crippen LogP contribution is 2.65. The van der Waals surface area contributed by atoms with Crippen LogP contribution in [0.4, 0.5) is 5.69 Å². The van der Waals surface area contributed by atoms with Crippen LogP contribution < -0.4 is 4.90 Å². The molecule has 6 unspecified atom stereocenters. The van der Waals surface area contributed by atoms with E-state index >= 15 is 0 Å². The van der Waals surface area contributed by atoms with Crippen molar-refractivity contribution in [2.75, 3.05) is 10.4 Å². The number of anilines is 1. The van der Waals surface area contributed by atoms with Gasteiger partial charge in [-0.15, -0.1) is 23.2 Å². The Morgan fingerprint density at radius 1 is 0.911 bits per heavy atom. The van der Waals surface area contributed by atoms with Gasteiger partial charge in [0, 0.05) is 11.1 Å². The third kappa shape index (κ3) is 4.12. The minimum absolute atomic E-state index is 0.135. The summed E-state index contributed by atoms with van der Waals surface area (Å²) in [7, 11) is 0. The summed E-state index contributed by atoms with van der Waals surface area (Å²) in [6, 6.07) is 18.2. The first-order chi connectivity index (χ1) is 21.6. The van der Waals surface area contributed by atoms with E-state index in [0.717, 1.165) is 9.80 Å². The lowest BCUT2D eigenvalue weighted by molar-refractivity contribution is -0.138. The van der Waals surface area contributed by atoms with Crippen LogP contribution in [0.5, 0.6) is 0 Å². The highest BCUT2D eigenvalue weighted by atomic mass is 79.9. The largest absolute Gasteiger partial charge is 0.463 e. The van der Waals surface area contributed by atoms with Crippen molar-refractivity contribution in [3.8, 4) is 0 Å². The van der Waals surface area contributed by atoms with Crippen molar-refractivity contribution in [1.29, 1.82) is 0 Å². The van der Waals surface area contributed by atoms with E-state index in [4.69, 9.17) is 27.6 Å². The van der Waals surface area contributed by atoms with Crippen molar-refractivity contribution in [1.82, 2.24) is 4.90 Å². The van der Waals surface area contributed by atoms with Crippen molar-refractivity contribution < 1.29 is 33.5 Å².